The predicted octanol–water partition coefficient (Wildman–Crippen LogP) is 1.11. The van der Waals surface area contributed by atoms with E-state index >= 15 is 0 Å². The average molecular weight is 297 g/mol. The molecule has 0 unspecified atom stereocenters. The van der Waals surface area contributed by atoms with Crippen LogP contribution in [0.2, 0.25) is 0 Å². The molecule has 0 atom stereocenters. The van der Waals surface area contributed by atoms with Crippen LogP contribution in [0.1, 0.15) is 18.4 Å². The number of hydrogen-bond donors (Lipinski definition) is 3. The van der Waals surface area contributed by atoms with Crippen LogP contribution < -0.4 is 14.8 Å². The molecule has 7 nitrogen and oxygen atoms in total. The molecule has 0 aliphatic carbocycles. The molecule has 0 fully saturated rings. The number of carboxylic acid groups (broad SMARTS) is 2. The van der Waals surface area contributed by atoms with Crippen molar-refractivity contribution in [3.63, 3.8) is 0 Å². The number of hydrogen-bond acceptors (Lipinski definition) is 5. The van der Waals surface area contributed by atoms with Gasteiger partial charge in [-0.05, 0) is 19.0 Å². The molecule has 116 valence electrons. The smallest absolute Gasteiger partial charge is 0.341 e. The van der Waals surface area contributed by atoms with Crippen molar-refractivity contribution in [1.29, 1.82) is 0 Å². The van der Waals surface area contributed by atoms with Gasteiger partial charge in [-0.15, -0.1) is 0 Å². The van der Waals surface area contributed by atoms with Gasteiger partial charge in [0, 0.05) is 18.5 Å². The zero-order valence-electron chi connectivity index (χ0n) is 11.8. The number of carboxylic acids is 2. The third-order valence-corrected chi connectivity index (χ3v) is 2.68. The molecule has 0 amide bonds. The van der Waals surface area contributed by atoms with Crippen molar-refractivity contribution in [2.24, 2.45) is 0 Å². The predicted molar refractivity (Wildman–Crippen MR) is 74.7 cm³/mol. The van der Waals surface area contributed by atoms with E-state index in [1.54, 1.807) is 18.2 Å². The van der Waals surface area contributed by atoms with Gasteiger partial charge in [0.2, 0.25) is 0 Å². The fraction of sp³-hybridized carbons (Fsp3) is 0.429. The van der Waals surface area contributed by atoms with Gasteiger partial charge in [-0.25, -0.2) is 4.79 Å². The molecule has 0 aliphatic heterocycles. The second-order valence-electron chi connectivity index (χ2n) is 4.31. The number of carbonyl (C=O) groups is 2. The lowest BCUT2D eigenvalue weighted by Gasteiger charge is -2.14. The van der Waals surface area contributed by atoms with Crippen LogP contribution in [0.4, 0.5) is 0 Å². The first-order chi connectivity index (χ1) is 10.0. The summed E-state index contributed by atoms with van der Waals surface area (Å²) in [6.07, 6.45) is 0.623. The van der Waals surface area contributed by atoms with Crippen molar-refractivity contribution < 1.29 is 29.3 Å². The minimum atomic E-state index is -1.07. The Balaban J connectivity index is 2.62. The van der Waals surface area contributed by atoms with E-state index in [1.165, 1.54) is 7.11 Å². The highest BCUT2D eigenvalue weighted by Gasteiger charge is 2.12. The normalized spacial score (nSPS) is 10.1. The lowest BCUT2D eigenvalue weighted by molar-refractivity contribution is -0.139. The summed E-state index contributed by atoms with van der Waals surface area (Å²) in [6.45, 7) is 0.528. The van der Waals surface area contributed by atoms with Crippen LogP contribution in [-0.4, -0.2) is 42.4 Å². The van der Waals surface area contributed by atoms with Gasteiger partial charge < -0.3 is 25.0 Å². The molecule has 0 aliphatic rings. The Bertz CT molecular complexity index is 488. The third-order valence-electron chi connectivity index (χ3n) is 2.68. The van der Waals surface area contributed by atoms with Crippen LogP contribution in [0.5, 0.6) is 11.5 Å². The van der Waals surface area contributed by atoms with Crippen LogP contribution in [0.3, 0.4) is 0 Å². The molecule has 21 heavy (non-hydrogen) atoms. The van der Waals surface area contributed by atoms with Gasteiger partial charge in [0.15, 0.2) is 18.1 Å². The van der Waals surface area contributed by atoms with Crippen LogP contribution in [0, 0.1) is 0 Å². The summed E-state index contributed by atoms with van der Waals surface area (Å²) in [5, 5.41) is 20.3. The van der Waals surface area contributed by atoms with E-state index in [0.29, 0.717) is 31.0 Å². The molecular weight excluding hydrogens is 278 g/mol. The first-order valence-corrected chi connectivity index (χ1v) is 6.47. The van der Waals surface area contributed by atoms with E-state index in [9.17, 15) is 9.59 Å². The maximum absolute atomic E-state index is 10.6. The molecule has 1 rings (SSSR count). The monoisotopic (exact) mass is 297 g/mol. The van der Waals surface area contributed by atoms with Crippen molar-refractivity contribution in [1.82, 2.24) is 5.32 Å². The van der Waals surface area contributed by atoms with Gasteiger partial charge in [-0.1, -0.05) is 12.1 Å². The van der Waals surface area contributed by atoms with E-state index in [-0.39, 0.29) is 6.42 Å². The summed E-state index contributed by atoms with van der Waals surface area (Å²) < 4.78 is 10.4. The molecule has 1 aromatic rings. The van der Waals surface area contributed by atoms with Crippen molar-refractivity contribution in [3.05, 3.63) is 23.8 Å². The van der Waals surface area contributed by atoms with E-state index in [1.807, 2.05) is 0 Å². The van der Waals surface area contributed by atoms with E-state index in [2.05, 4.69) is 5.32 Å². The number of benzene rings is 1. The highest BCUT2D eigenvalue weighted by atomic mass is 16.5. The molecule has 1 aromatic carbocycles. The van der Waals surface area contributed by atoms with E-state index < -0.39 is 18.5 Å². The standard InChI is InChI=1S/C14H19NO6/c1-20-11-5-2-4-10(14(11)21-9-13(18)19)8-15-7-3-6-12(16)17/h2,4-5,15H,3,6-9H2,1H3,(H,16,17)(H,18,19). The second kappa shape index (κ2) is 8.80. The molecular formula is C14H19NO6. The maximum Gasteiger partial charge on any atom is 0.341 e. The van der Waals surface area contributed by atoms with E-state index in [0.717, 1.165) is 5.56 Å². The third kappa shape index (κ3) is 6.13. The van der Waals surface area contributed by atoms with Crippen LogP contribution in [0.15, 0.2) is 18.2 Å². The first-order valence-electron chi connectivity index (χ1n) is 6.47. The van der Waals surface area contributed by atoms with Gasteiger partial charge in [0.1, 0.15) is 0 Å². The minimum Gasteiger partial charge on any atom is -0.493 e. The molecule has 3 N–H and O–H groups in total. The molecule has 0 radical (unpaired) electrons. The van der Waals surface area contributed by atoms with Crippen LogP contribution in [0.25, 0.3) is 0 Å². The van der Waals surface area contributed by atoms with Crippen LogP contribution in [-0.2, 0) is 16.1 Å². The molecule has 0 saturated carbocycles. The lowest BCUT2D eigenvalue weighted by atomic mass is 10.1. The Morgan fingerprint density at radius 3 is 2.62 bits per heavy atom. The Kier molecular flexibility index (Phi) is 7.03. The van der Waals surface area contributed by atoms with Crippen molar-refractivity contribution in [2.45, 2.75) is 19.4 Å². The summed E-state index contributed by atoms with van der Waals surface area (Å²) in [5.41, 5.74) is 0.755. The SMILES string of the molecule is COc1cccc(CNCCCC(=O)O)c1OCC(=O)O. The van der Waals surface area contributed by atoms with Gasteiger partial charge in [0.25, 0.3) is 0 Å². The zero-order valence-corrected chi connectivity index (χ0v) is 11.8. The summed E-state index contributed by atoms with van der Waals surface area (Å²) in [5.74, 6) is -1.06. The highest BCUT2D eigenvalue weighted by Crippen LogP contribution is 2.30. The van der Waals surface area contributed by atoms with Crippen molar-refractivity contribution in [3.8, 4) is 11.5 Å². The molecule has 0 aromatic heterocycles. The van der Waals surface area contributed by atoms with Gasteiger partial charge in [0.05, 0.1) is 7.11 Å². The topological polar surface area (TPSA) is 105 Å². The second-order valence-corrected chi connectivity index (χ2v) is 4.31. The Morgan fingerprint density at radius 1 is 1.24 bits per heavy atom. The van der Waals surface area contributed by atoms with Crippen molar-refractivity contribution in [2.75, 3.05) is 20.3 Å². The van der Waals surface area contributed by atoms with Gasteiger partial charge >= 0.3 is 11.9 Å². The molecule has 0 bridgehead atoms. The summed E-state index contributed by atoms with van der Waals surface area (Å²) in [7, 11) is 1.48. The largest absolute Gasteiger partial charge is 0.493 e. The Hall–Kier alpha value is -2.28. The first kappa shape index (κ1) is 16.8. The number of para-hydroxylation sites is 1. The Labute approximate surface area is 122 Å². The minimum absolute atomic E-state index is 0.105. The van der Waals surface area contributed by atoms with Crippen LogP contribution >= 0.6 is 0 Å². The maximum atomic E-state index is 10.6. The summed E-state index contributed by atoms with van der Waals surface area (Å²) >= 11 is 0. The summed E-state index contributed by atoms with van der Waals surface area (Å²) in [6, 6.07) is 5.26. The van der Waals surface area contributed by atoms with Crippen molar-refractivity contribution >= 4 is 11.9 Å². The van der Waals surface area contributed by atoms with E-state index in [4.69, 9.17) is 19.7 Å². The average Bonchev–Trinajstić information content (AvgIpc) is 2.44. The molecule has 0 spiro atoms. The molecule has 0 saturated heterocycles. The molecule has 7 heteroatoms. The Morgan fingerprint density at radius 2 is 2.00 bits per heavy atom. The van der Waals surface area contributed by atoms with Gasteiger partial charge in [-0.2, -0.15) is 0 Å². The number of rotatable bonds is 10. The lowest BCUT2D eigenvalue weighted by Crippen LogP contribution is -2.17. The number of methoxy groups -OCH3 is 1. The highest BCUT2D eigenvalue weighted by molar-refractivity contribution is 5.68. The van der Waals surface area contributed by atoms with Gasteiger partial charge in [-0.3, -0.25) is 4.79 Å². The number of ether oxygens (including phenoxy) is 2. The quantitative estimate of drug-likeness (QED) is 0.556. The molecule has 0 heterocycles. The fourth-order valence-electron chi connectivity index (χ4n) is 1.75. The number of aliphatic carboxylic acids is 2. The number of nitrogens with one attached hydrogen (secondary N) is 1. The fourth-order valence-corrected chi connectivity index (χ4v) is 1.75. The zero-order chi connectivity index (χ0) is 15.7. The summed E-state index contributed by atoms with van der Waals surface area (Å²) in [4.78, 5) is 21.0.